The van der Waals surface area contributed by atoms with Crippen molar-refractivity contribution in [1.29, 1.82) is 0 Å². The number of allylic oxidation sites excluding steroid dienone is 1. The minimum atomic E-state index is -0.652. The summed E-state index contributed by atoms with van der Waals surface area (Å²) in [5.41, 5.74) is 3.57. The molecule has 0 bridgehead atoms. The quantitative estimate of drug-likeness (QED) is 0.420. The van der Waals surface area contributed by atoms with Crippen molar-refractivity contribution in [3.63, 3.8) is 0 Å². The summed E-state index contributed by atoms with van der Waals surface area (Å²) in [7, 11) is 1.60. The number of hydrogen-bond donors (Lipinski definition) is 0. The van der Waals surface area contributed by atoms with E-state index >= 15 is 0 Å². The van der Waals surface area contributed by atoms with E-state index in [2.05, 4.69) is 35.9 Å². The van der Waals surface area contributed by atoms with Gasteiger partial charge < -0.3 is 14.4 Å². The van der Waals surface area contributed by atoms with Gasteiger partial charge in [0.15, 0.2) is 4.80 Å². The van der Waals surface area contributed by atoms with Gasteiger partial charge in [0.25, 0.3) is 5.56 Å². The van der Waals surface area contributed by atoms with Gasteiger partial charge in [0, 0.05) is 18.8 Å². The summed E-state index contributed by atoms with van der Waals surface area (Å²) >= 11 is 1.32. The Bertz CT molecular complexity index is 1480. The molecule has 0 amide bonds. The highest BCUT2D eigenvalue weighted by Crippen LogP contribution is 2.31. The fraction of sp³-hybridized carbons (Fsp3) is 0.345. The number of thiazole rings is 1. The maximum Gasteiger partial charge on any atom is 0.338 e. The van der Waals surface area contributed by atoms with Gasteiger partial charge in [-0.25, -0.2) is 9.79 Å². The maximum atomic E-state index is 13.8. The molecule has 0 fully saturated rings. The van der Waals surface area contributed by atoms with Gasteiger partial charge in [0.05, 0.1) is 35.1 Å². The number of benzene rings is 2. The summed E-state index contributed by atoms with van der Waals surface area (Å²) in [5.74, 6) is 0.217. The third-order valence-electron chi connectivity index (χ3n) is 6.34. The van der Waals surface area contributed by atoms with Crippen LogP contribution in [0.3, 0.4) is 0 Å². The highest BCUT2D eigenvalue weighted by atomic mass is 32.1. The predicted octanol–water partition coefficient (Wildman–Crippen LogP) is 4.04. The van der Waals surface area contributed by atoms with Crippen LogP contribution in [-0.2, 0) is 9.53 Å². The zero-order valence-corrected chi connectivity index (χ0v) is 23.0. The van der Waals surface area contributed by atoms with Gasteiger partial charge in [-0.15, -0.1) is 0 Å². The van der Waals surface area contributed by atoms with Crippen LogP contribution in [0.1, 0.15) is 51.8 Å². The molecule has 0 spiro atoms. The largest absolute Gasteiger partial charge is 0.497 e. The van der Waals surface area contributed by atoms with Crippen LogP contribution >= 0.6 is 11.3 Å². The van der Waals surface area contributed by atoms with Crippen LogP contribution < -0.4 is 24.5 Å². The summed E-state index contributed by atoms with van der Waals surface area (Å²) in [4.78, 5) is 34.4. The molecule has 1 aromatic heterocycles. The number of carbonyl (C=O) groups is 1. The Balaban J connectivity index is 1.84. The molecular formula is C29H33N3O4S. The van der Waals surface area contributed by atoms with Gasteiger partial charge in [0.2, 0.25) is 0 Å². The van der Waals surface area contributed by atoms with E-state index in [1.54, 1.807) is 32.4 Å². The maximum absolute atomic E-state index is 13.8. The van der Waals surface area contributed by atoms with Crippen LogP contribution in [0, 0.1) is 0 Å². The zero-order chi connectivity index (χ0) is 26.7. The summed E-state index contributed by atoms with van der Waals surface area (Å²) in [6.45, 7) is 11.5. The van der Waals surface area contributed by atoms with Gasteiger partial charge >= 0.3 is 5.97 Å². The fourth-order valence-corrected chi connectivity index (χ4v) is 5.53. The number of rotatable bonds is 8. The van der Waals surface area contributed by atoms with E-state index in [9.17, 15) is 9.59 Å². The molecule has 8 heteroatoms. The van der Waals surface area contributed by atoms with E-state index in [-0.39, 0.29) is 11.7 Å². The lowest BCUT2D eigenvalue weighted by atomic mass is 9.96. The Hall–Kier alpha value is -3.65. The number of methoxy groups -OCH3 is 1. The molecule has 3 aromatic rings. The second kappa shape index (κ2) is 11.2. The first kappa shape index (κ1) is 26.4. The number of aromatic nitrogens is 1. The van der Waals surface area contributed by atoms with Gasteiger partial charge in [0.1, 0.15) is 5.75 Å². The van der Waals surface area contributed by atoms with Crippen molar-refractivity contribution in [2.45, 2.75) is 46.8 Å². The number of carbonyl (C=O) groups excluding carboxylic acids is 1. The van der Waals surface area contributed by atoms with Gasteiger partial charge in [-0.1, -0.05) is 35.6 Å². The van der Waals surface area contributed by atoms with E-state index in [1.165, 1.54) is 11.3 Å². The Morgan fingerprint density at radius 3 is 2.32 bits per heavy atom. The van der Waals surface area contributed by atoms with Crippen molar-refractivity contribution in [2.24, 2.45) is 4.99 Å². The Labute approximate surface area is 221 Å². The molecule has 4 rings (SSSR count). The monoisotopic (exact) mass is 519 g/mol. The van der Waals surface area contributed by atoms with Gasteiger partial charge in [-0.05, 0) is 76.1 Å². The minimum Gasteiger partial charge on any atom is -0.497 e. The molecule has 0 saturated heterocycles. The third-order valence-corrected chi connectivity index (χ3v) is 7.32. The predicted molar refractivity (Wildman–Crippen MR) is 148 cm³/mol. The fourth-order valence-electron chi connectivity index (χ4n) is 4.48. The lowest BCUT2D eigenvalue weighted by Gasteiger charge is -2.25. The number of esters is 1. The van der Waals surface area contributed by atoms with Crippen molar-refractivity contribution in [3.8, 4) is 5.75 Å². The van der Waals surface area contributed by atoms with Gasteiger partial charge in [-0.3, -0.25) is 9.36 Å². The topological polar surface area (TPSA) is 73.1 Å². The minimum absolute atomic E-state index is 0.195. The van der Waals surface area contributed by atoms with Crippen molar-refractivity contribution < 1.29 is 14.3 Å². The van der Waals surface area contributed by atoms with E-state index in [4.69, 9.17) is 9.47 Å². The summed E-state index contributed by atoms with van der Waals surface area (Å²) in [5, 5.41) is 0. The van der Waals surface area contributed by atoms with Crippen LogP contribution in [-0.4, -0.2) is 36.8 Å². The molecule has 1 aliphatic rings. The van der Waals surface area contributed by atoms with Crippen LogP contribution in [0.2, 0.25) is 0 Å². The van der Waals surface area contributed by atoms with E-state index in [0.29, 0.717) is 26.4 Å². The third kappa shape index (κ3) is 5.39. The molecular weight excluding hydrogens is 486 g/mol. The number of fused-ring (bicyclic) bond motifs is 1. The molecule has 1 aliphatic heterocycles. The first-order valence-electron chi connectivity index (χ1n) is 12.5. The normalized spacial score (nSPS) is 15.4. The Morgan fingerprint density at radius 2 is 1.76 bits per heavy atom. The van der Waals surface area contributed by atoms with Crippen molar-refractivity contribution >= 4 is 29.1 Å². The van der Waals surface area contributed by atoms with Crippen molar-refractivity contribution in [3.05, 3.63) is 90.6 Å². The molecule has 194 valence electrons. The van der Waals surface area contributed by atoms with Gasteiger partial charge in [-0.2, -0.15) is 0 Å². The number of hydrogen-bond acceptors (Lipinski definition) is 7. The summed E-state index contributed by atoms with van der Waals surface area (Å²) in [6, 6.07) is 14.9. The number of ether oxygens (including phenoxy) is 2. The average molecular weight is 520 g/mol. The SMILES string of the molecule is CCN(CC)c1ccc(/C=c2\sc3n(c2=O)[C@H](c2ccc(OC)cc2)C(C(=O)OC(C)C)=C(C)N=3)cc1. The molecule has 0 aliphatic carbocycles. The van der Waals surface area contributed by atoms with Crippen LogP contribution in [0.25, 0.3) is 6.08 Å². The number of anilines is 1. The van der Waals surface area contributed by atoms with E-state index in [1.807, 2.05) is 42.5 Å². The molecule has 0 radical (unpaired) electrons. The lowest BCUT2D eigenvalue weighted by Crippen LogP contribution is -2.40. The first-order valence-corrected chi connectivity index (χ1v) is 13.3. The van der Waals surface area contributed by atoms with Crippen molar-refractivity contribution in [1.82, 2.24) is 4.57 Å². The molecule has 0 N–H and O–H groups in total. The van der Waals surface area contributed by atoms with E-state index < -0.39 is 12.0 Å². The Morgan fingerprint density at radius 1 is 1.11 bits per heavy atom. The zero-order valence-electron chi connectivity index (χ0n) is 22.1. The van der Waals surface area contributed by atoms with E-state index in [0.717, 1.165) is 29.9 Å². The highest BCUT2D eigenvalue weighted by molar-refractivity contribution is 7.07. The standard InChI is InChI=1S/C29H33N3O4S/c1-7-31(8-2)22-13-9-20(10-14-22)17-24-27(33)32-26(21-11-15-23(35-6)16-12-21)25(28(34)36-18(3)4)19(5)30-29(32)37-24/h9-18,26H,7-8H2,1-6H3/b24-17-/t26-/m1/s1. The molecule has 2 heterocycles. The number of nitrogens with zero attached hydrogens (tertiary/aromatic N) is 3. The highest BCUT2D eigenvalue weighted by Gasteiger charge is 2.33. The van der Waals surface area contributed by atoms with Crippen LogP contribution in [0.5, 0.6) is 5.75 Å². The second-order valence-electron chi connectivity index (χ2n) is 9.07. The molecule has 7 nitrogen and oxygen atoms in total. The summed E-state index contributed by atoms with van der Waals surface area (Å²) < 4.78 is 13.0. The average Bonchev–Trinajstić information content (AvgIpc) is 3.18. The Kier molecular flexibility index (Phi) is 7.97. The molecule has 37 heavy (non-hydrogen) atoms. The van der Waals surface area contributed by atoms with Crippen LogP contribution in [0.15, 0.2) is 69.6 Å². The molecule has 0 unspecified atom stereocenters. The molecule has 0 saturated carbocycles. The lowest BCUT2D eigenvalue weighted by molar-refractivity contribution is -0.143. The van der Waals surface area contributed by atoms with Crippen molar-refractivity contribution in [2.75, 3.05) is 25.1 Å². The van der Waals surface area contributed by atoms with Crippen LogP contribution in [0.4, 0.5) is 5.69 Å². The smallest absolute Gasteiger partial charge is 0.338 e. The second-order valence-corrected chi connectivity index (χ2v) is 10.1. The summed E-state index contributed by atoms with van der Waals surface area (Å²) in [6.07, 6.45) is 1.58. The first-order chi connectivity index (χ1) is 17.8. The molecule has 2 aromatic carbocycles. The molecule has 1 atom stereocenters.